The summed E-state index contributed by atoms with van der Waals surface area (Å²) in [5.74, 6) is 0.333. The van der Waals surface area contributed by atoms with Crippen molar-refractivity contribution < 1.29 is 18.0 Å². The van der Waals surface area contributed by atoms with Gasteiger partial charge in [-0.3, -0.25) is 4.79 Å². The molecular formula is C7H11F3OS. The van der Waals surface area contributed by atoms with E-state index in [-0.39, 0.29) is 5.25 Å². The molecule has 0 aliphatic heterocycles. The first-order valence-corrected chi connectivity index (χ1v) is 4.18. The first kappa shape index (κ1) is 11.8. The molecule has 0 aromatic heterocycles. The first-order chi connectivity index (χ1) is 5.54. The van der Waals surface area contributed by atoms with Crippen molar-refractivity contribution in [1.29, 1.82) is 0 Å². The minimum atomic E-state index is -3.67. The Morgan fingerprint density at radius 3 is 2.08 bits per heavy atom. The Kier molecular flexibility index (Phi) is 6.24. The molecule has 12 heavy (non-hydrogen) atoms. The number of hydrogen-bond acceptors (Lipinski definition) is 2. The van der Waals surface area contributed by atoms with E-state index in [2.05, 4.69) is 12.6 Å². The largest absolute Gasteiger partial charge is 0.379 e. The summed E-state index contributed by atoms with van der Waals surface area (Å²) in [6.07, 6.45) is 4.01. The van der Waals surface area contributed by atoms with Crippen LogP contribution in [0.4, 0.5) is 13.2 Å². The van der Waals surface area contributed by atoms with Gasteiger partial charge < -0.3 is 0 Å². The summed E-state index contributed by atoms with van der Waals surface area (Å²) in [4.78, 5) is 10.7. The fourth-order valence-electron chi connectivity index (χ4n) is 0.965. The van der Waals surface area contributed by atoms with Gasteiger partial charge in [-0.1, -0.05) is 6.42 Å². The molecule has 0 amide bonds. The van der Waals surface area contributed by atoms with E-state index in [1.165, 1.54) is 6.42 Å². The monoisotopic (exact) mass is 200 g/mol. The Morgan fingerprint density at radius 1 is 1.33 bits per heavy atom. The molecular weight excluding hydrogens is 189 g/mol. The number of carbonyl (C=O) groups excluding carboxylic acids is 1. The molecule has 0 bridgehead atoms. The third kappa shape index (κ3) is 6.52. The van der Waals surface area contributed by atoms with E-state index in [1.807, 2.05) is 0 Å². The highest BCUT2D eigenvalue weighted by Crippen LogP contribution is 2.18. The zero-order valence-electron chi connectivity index (χ0n) is 6.47. The summed E-state index contributed by atoms with van der Waals surface area (Å²) in [5.41, 5.74) is 0. The second kappa shape index (κ2) is 6.34. The van der Waals surface area contributed by atoms with Crippen LogP contribution in [0.2, 0.25) is 0 Å². The molecule has 0 aromatic carbocycles. The lowest BCUT2D eigenvalue weighted by atomic mass is 9.99. The van der Waals surface area contributed by atoms with E-state index in [0.717, 1.165) is 19.3 Å². The number of Topliss-reactive ketones (excluding diaryl/α,β-unsaturated/α-hetero) is 1. The molecule has 1 atom stereocenters. The molecule has 0 aromatic rings. The van der Waals surface area contributed by atoms with Gasteiger partial charge in [0.2, 0.25) is 0 Å². The number of rotatable bonds is 0. The predicted molar refractivity (Wildman–Crippen MR) is 43.4 cm³/mol. The molecule has 1 unspecified atom stereocenters. The van der Waals surface area contributed by atoms with Crippen molar-refractivity contribution in [3.8, 4) is 0 Å². The SMILES string of the molecule is FC(F)F.O=C1CCCCC1S. The minimum Gasteiger partial charge on any atom is -0.298 e. The smallest absolute Gasteiger partial charge is 0.298 e. The summed E-state index contributed by atoms with van der Waals surface area (Å²) in [6.45, 7) is -3.67. The molecule has 1 fully saturated rings. The maximum Gasteiger partial charge on any atom is 0.379 e. The number of carbonyl (C=O) groups is 1. The topological polar surface area (TPSA) is 17.1 Å². The van der Waals surface area contributed by atoms with E-state index in [4.69, 9.17) is 0 Å². The fraction of sp³-hybridized carbons (Fsp3) is 0.857. The zero-order valence-corrected chi connectivity index (χ0v) is 7.37. The highest BCUT2D eigenvalue weighted by molar-refractivity contribution is 7.81. The molecule has 1 nitrogen and oxygen atoms in total. The van der Waals surface area contributed by atoms with Gasteiger partial charge in [-0.2, -0.15) is 25.8 Å². The molecule has 0 spiro atoms. The van der Waals surface area contributed by atoms with E-state index in [1.54, 1.807) is 0 Å². The maximum atomic E-state index is 10.7. The van der Waals surface area contributed by atoms with Gasteiger partial charge in [0.15, 0.2) is 0 Å². The Balaban J connectivity index is 0.000000261. The first-order valence-electron chi connectivity index (χ1n) is 3.67. The van der Waals surface area contributed by atoms with Crippen molar-refractivity contribution in [3.63, 3.8) is 0 Å². The van der Waals surface area contributed by atoms with Gasteiger partial charge in [-0.25, -0.2) is 0 Å². The Bertz CT molecular complexity index is 138. The lowest BCUT2D eigenvalue weighted by molar-refractivity contribution is -0.119. The molecule has 0 N–H and O–H groups in total. The average Bonchev–Trinajstić information content (AvgIpc) is 1.94. The Hall–Kier alpha value is -0.190. The number of hydrogen-bond donors (Lipinski definition) is 1. The van der Waals surface area contributed by atoms with Gasteiger partial charge in [0.1, 0.15) is 5.78 Å². The van der Waals surface area contributed by atoms with Crippen LogP contribution in [-0.4, -0.2) is 17.7 Å². The zero-order chi connectivity index (χ0) is 9.56. The quantitative estimate of drug-likeness (QED) is 0.595. The molecule has 1 aliphatic rings. The third-order valence-electron chi connectivity index (χ3n) is 1.52. The van der Waals surface area contributed by atoms with Gasteiger partial charge in [-0.15, -0.1) is 0 Å². The summed E-state index contributed by atoms with van der Waals surface area (Å²) in [5, 5.41) is 0.0590. The van der Waals surface area contributed by atoms with Gasteiger partial charge in [0, 0.05) is 6.42 Å². The third-order valence-corrected chi connectivity index (χ3v) is 2.07. The van der Waals surface area contributed by atoms with Gasteiger partial charge in [0.05, 0.1) is 5.25 Å². The molecule has 5 heteroatoms. The molecule has 1 rings (SSSR count). The number of ketones is 1. The predicted octanol–water partition coefficient (Wildman–Crippen LogP) is 2.61. The molecule has 1 saturated carbocycles. The number of alkyl halides is 3. The molecule has 0 saturated heterocycles. The van der Waals surface area contributed by atoms with Crippen molar-refractivity contribution >= 4 is 18.4 Å². The van der Waals surface area contributed by atoms with Crippen LogP contribution in [0, 0.1) is 0 Å². The summed E-state index contributed by atoms with van der Waals surface area (Å²) >= 11 is 4.11. The average molecular weight is 200 g/mol. The molecule has 0 heterocycles. The van der Waals surface area contributed by atoms with E-state index in [9.17, 15) is 18.0 Å². The van der Waals surface area contributed by atoms with Gasteiger partial charge >= 0.3 is 6.68 Å². The normalized spacial score (nSPS) is 23.4. The van der Waals surface area contributed by atoms with Crippen molar-refractivity contribution in [3.05, 3.63) is 0 Å². The van der Waals surface area contributed by atoms with Crippen molar-refractivity contribution in [1.82, 2.24) is 0 Å². The van der Waals surface area contributed by atoms with Crippen LogP contribution in [0.5, 0.6) is 0 Å². The van der Waals surface area contributed by atoms with Crippen LogP contribution in [0.3, 0.4) is 0 Å². The molecule has 0 radical (unpaired) electrons. The second-order valence-corrected chi connectivity index (χ2v) is 3.10. The lowest BCUT2D eigenvalue weighted by Gasteiger charge is -2.13. The summed E-state index contributed by atoms with van der Waals surface area (Å²) in [6, 6.07) is 0. The number of halogens is 3. The van der Waals surface area contributed by atoms with Crippen LogP contribution in [0.15, 0.2) is 0 Å². The van der Waals surface area contributed by atoms with Gasteiger partial charge in [-0.05, 0) is 12.8 Å². The van der Waals surface area contributed by atoms with E-state index >= 15 is 0 Å². The van der Waals surface area contributed by atoms with Crippen LogP contribution < -0.4 is 0 Å². The highest BCUT2D eigenvalue weighted by atomic mass is 32.1. The highest BCUT2D eigenvalue weighted by Gasteiger charge is 2.17. The van der Waals surface area contributed by atoms with Crippen molar-refractivity contribution in [2.24, 2.45) is 0 Å². The van der Waals surface area contributed by atoms with Crippen LogP contribution in [0.1, 0.15) is 25.7 Å². The van der Waals surface area contributed by atoms with E-state index in [0.29, 0.717) is 5.78 Å². The van der Waals surface area contributed by atoms with E-state index < -0.39 is 6.68 Å². The number of thiol groups is 1. The maximum absolute atomic E-state index is 10.7. The van der Waals surface area contributed by atoms with Crippen LogP contribution in [-0.2, 0) is 4.79 Å². The Morgan fingerprint density at radius 2 is 1.83 bits per heavy atom. The van der Waals surface area contributed by atoms with Crippen LogP contribution in [0.25, 0.3) is 0 Å². The Labute approximate surface area is 74.7 Å². The molecule has 1 aliphatic carbocycles. The molecule has 72 valence electrons. The van der Waals surface area contributed by atoms with Crippen molar-refractivity contribution in [2.45, 2.75) is 37.6 Å². The van der Waals surface area contributed by atoms with Crippen LogP contribution >= 0.6 is 12.6 Å². The minimum absolute atomic E-state index is 0.0590. The lowest BCUT2D eigenvalue weighted by Crippen LogP contribution is -2.18. The standard InChI is InChI=1S/C6H10OS.CHF3/c7-5-3-1-2-4-6(5)8;2-1(3)4/h6,8H,1-4H2;1H. The second-order valence-electron chi connectivity index (χ2n) is 2.48. The van der Waals surface area contributed by atoms with Crippen molar-refractivity contribution in [2.75, 3.05) is 0 Å². The van der Waals surface area contributed by atoms with Gasteiger partial charge in [0.25, 0.3) is 0 Å². The summed E-state index contributed by atoms with van der Waals surface area (Å²) in [7, 11) is 0. The fourth-order valence-corrected chi connectivity index (χ4v) is 1.28. The summed E-state index contributed by atoms with van der Waals surface area (Å²) < 4.78 is 29.0.